The Morgan fingerprint density at radius 3 is 2.47 bits per heavy atom. The molecule has 4 nitrogen and oxygen atoms in total. The topological polar surface area (TPSA) is 45.2 Å². The van der Waals surface area contributed by atoms with E-state index in [1.54, 1.807) is 26.4 Å². The van der Waals surface area contributed by atoms with E-state index >= 15 is 0 Å². The van der Waals surface area contributed by atoms with Gasteiger partial charge in [0.2, 0.25) is 0 Å². The Balaban J connectivity index is 1.98. The first kappa shape index (κ1) is 13.1. The predicted molar refractivity (Wildman–Crippen MR) is 76.0 cm³/mol. The molecule has 1 aromatic heterocycles. The lowest BCUT2D eigenvalue weighted by atomic mass is 10.2. The fourth-order valence-electron chi connectivity index (χ4n) is 1.67. The SMILES string of the molecule is CN(C)C(=O)c1ccc(NCc2ccccc2)nc1. The maximum Gasteiger partial charge on any atom is 0.254 e. The predicted octanol–water partition coefficient (Wildman–Crippen LogP) is 2.40. The van der Waals surface area contributed by atoms with Crippen molar-refractivity contribution in [2.24, 2.45) is 0 Å². The number of pyridine rings is 1. The highest BCUT2D eigenvalue weighted by Gasteiger charge is 2.07. The van der Waals surface area contributed by atoms with Gasteiger partial charge in [-0.15, -0.1) is 0 Å². The zero-order valence-corrected chi connectivity index (χ0v) is 11.1. The van der Waals surface area contributed by atoms with E-state index in [-0.39, 0.29) is 5.91 Å². The van der Waals surface area contributed by atoms with Gasteiger partial charge in [-0.25, -0.2) is 4.98 Å². The smallest absolute Gasteiger partial charge is 0.254 e. The first-order valence-corrected chi connectivity index (χ1v) is 6.12. The zero-order valence-electron chi connectivity index (χ0n) is 11.1. The Hall–Kier alpha value is -2.36. The van der Waals surface area contributed by atoms with Crippen molar-refractivity contribution in [3.63, 3.8) is 0 Å². The molecule has 0 aliphatic rings. The largest absolute Gasteiger partial charge is 0.366 e. The summed E-state index contributed by atoms with van der Waals surface area (Å²) in [6.07, 6.45) is 1.59. The van der Waals surface area contributed by atoms with Crippen LogP contribution in [0.3, 0.4) is 0 Å². The minimum absolute atomic E-state index is 0.0397. The quantitative estimate of drug-likeness (QED) is 0.912. The van der Waals surface area contributed by atoms with Crippen LogP contribution < -0.4 is 5.32 Å². The molecule has 0 bridgehead atoms. The number of nitrogens with zero attached hydrogens (tertiary/aromatic N) is 2. The second-order valence-electron chi connectivity index (χ2n) is 4.47. The lowest BCUT2D eigenvalue weighted by molar-refractivity contribution is 0.0827. The molecule has 4 heteroatoms. The highest BCUT2D eigenvalue weighted by Crippen LogP contribution is 2.08. The number of aromatic nitrogens is 1. The molecule has 1 N–H and O–H groups in total. The molecule has 98 valence electrons. The molecule has 19 heavy (non-hydrogen) atoms. The summed E-state index contributed by atoms with van der Waals surface area (Å²) >= 11 is 0. The molecule has 0 aliphatic carbocycles. The van der Waals surface area contributed by atoms with Crippen LogP contribution in [0.1, 0.15) is 15.9 Å². The third kappa shape index (κ3) is 3.55. The van der Waals surface area contributed by atoms with Gasteiger partial charge in [-0.1, -0.05) is 30.3 Å². The average Bonchev–Trinajstić information content (AvgIpc) is 2.46. The Labute approximate surface area is 113 Å². The van der Waals surface area contributed by atoms with Crippen LogP contribution in [-0.4, -0.2) is 29.9 Å². The number of carbonyl (C=O) groups is 1. The molecule has 2 rings (SSSR count). The van der Waals surface area contributed by atoms with Gasteiger partial charge < -0.3 is 10.2 Å². The van der Waals surface area contributed by atoms with E-state index in [9.17, 15) is 4.79 Å². The molecular formula is C15H17N3O. The molecular weight excluding hydrogens is 238 g/mol. The van der Waals surface area contributed by atoms with Crippen LogP contribution in [0.15, 0.2) is 48.7 Å². The summed E-state index contributed by atoms with van der Waals surface area (Å²) in [5, 5.41) is 3.22. The van der Waals surface area contributed by atoms with Crippen molar-refractivity contribution in [1.29, 1.82) is 0 Å². The Bertz CT molecular complexity index is 535. The van der Waals surface area contributed by atoms with Crippen LogP contribution in [0.4, 0.5) is 5.82 Å². The van der Waals surface area contributed by atoms with Crippen molar-refractivity contribution in [3.8, 4) is 0 Å². The second kappa shape index (κ2) is 6.00. The fourth-order valence-corrected chi connectivity index (χ4v) is 1.67. The Kier molecular flexibility index (Phi) is 4.13. The average molecular weight is 255 g/mol. The van der Waals surface area contributed by atoms with Crippen molar-refractivity contribution >= 4 is 11.7 Å². The van der Waals surface area contributed by atoms with E-state index in [1.165, 1.54) is 10.5 Å². The van der Waals surface area contributed by atoms with Crippen molar-refractivity contribution < 1.29 is 4.79 Å². The van der Waals surface area contributed by atoms with Gasteiger partial charge in [-0.3, -0.25) is 4.79 Å². The summed E-state index contributed by atoms with van der Waals surface area (Å²) in [5.74, 6) is 0.723. The number of carbonyl (C=O) groups excluding carboxylic acids is 1. The standard InChI is InChI=1S/C15H17N3O/c1-18(2)15(19)13-8-9-14(17-11-13)16-10-12-6-4-3-5-7-12/h3-9,11H,10H2,1-2H3,(H,16,17). The van der Waals surface area contributed by atoms with Crippen molar-refractivity contribution in [2.45, 2.75) is 6.54 Å². The number of hydrogen-bond donors (Lipinski definition) is 1. The van der Waals surface area contributed by atoms with Gasteiger partial charge in [0.15, 0.2) is 0 Å². The number of benzene rings is 1. The third-order valence-electron chi connectivity index (χ3n) is 2.73. The molecule has 0 spiro atoms. The van der Waals surface area contributed by atoms with Gasteiger partial charge in [0.05, 0.1) is 5.56 Å². The summed E-state index contributed by atoms with van der Waals surface area (Å²) in [6, 6.07) is 13.7. The molecule has 0 unspecified atom stereocenters. The maximum absolute atomic E-state index is 11.7. The van der Waals surface area contributed by atoms with Crippen LogP contribution >= 0.6 is 0 Å². The minimum atomic E-state index is -0.0397. The van der Waals surface area contributed by atoms with Crippen molar-refractivity contribution in [2.75, 3.05) is 19.4 Å². The number of amides is 1. The number of hydrogen-bond acceptors (Lipinski definition) is 3. The molecule has 0 aliphatic heterocycles. The van der Waals surface area contributed by atoms with Crippen LogP contribution in [0.5, 0.6) is 0 Å². The zero-order chi connectivity index (χ0) is 13.7. The monoisotopic (exact) mass is 255 g/mol. The van der Waals surface area contributed by atoms with Gasteiger partial charge >= 0.3 is 0 Å². The van der Waals surface area contributed by atoms with Gasteiger partial charge in [-0.05, 0) is 17.7 Å². The fraction of sp³-hybridized carbons (Fsp3) is 0.200. The minimum Gasteiger partial charge on any atom is -0.366 e. The third-order valence-corrected chi connectivity index (χ3v) is 2.73. The number of nitrogens with one attached hydrogen (secondary N) is 1. The summed E-state index contributed by atoms with van der Waals surface area (Å²) in [5.41, 5.74) is 1.79. The van der Waals surface area contributed by atoms with Crippen LogP contribution in [-0.2, 0) is 6.54 Å². The van der Waals surface area contributed by atoms with Gasteiger partial charge in [-0.2, -0.15) is 0 Å². The molecule has 0 fully saturated rings. The van der Waals surface area contributed by atoms with Gasteiger partial charge in [0, 0.05) is 26.8 Å². The van der Waals surface area contributed by atoms with E-state index in [2.05, 4.69) is 22.4 Å². The Morgan fingerprint density at radius 2 is 1.89 bits per heavy atom. The summed E-state index contributed by atoms with van der Waals surface area (Å²) in [4.78, 5) is 17.5. The van der Waals surface area contributed by atoms with Gasteiger partial charge in [0.1, 0.15) is 5.82 Å². The van der Waals surface area contributed by atoms with E-state index in [0.717, 1.165) is 12.4 Å². The highest BCUT2D eigenvalue weighted by molar-refractivity contribution is 5.93. The molecule has 1 aromatic carbocycles. The molecule has 2 aromatic rings. The normalized spacial score (nSPS) is 10.0. The van der Waals surface area contributed by atoms with E-state index in [0.29, 0.717) is 5.56 Å². The van der Waals surface area contributed by atoms with E-state index < -0.39 is 0 Å². The van der Waals surface area contributed by atoms with Gasteiger partial charge in [0.25, 0.3) is 5.91 Å². The van der Waals surface area contributed by atoms with Crippen LogP contribution in [0, 0.1) is 0 Å². The van der Waals surface area contributed by atoms with Crippen molar-refractivity contribution in [3.05, 3.63) is 59.8 Å². The van der Waals surface area contributed by atoms with Crippen LogP contribution in [0.2, 0.25) is 0 Å². The van der Waals surface area contributed by atoms with E-state index in [4.69, 9.17) is 0 Å². The number of rotatable bonds is 4. The molecule has 0 saturated heterocycles. The first-order chi connectivity index (χ1) is 9.16. The van der Waals surface area contributed by atoms with E-state index in [1.807, 2.05) is 24.3 Å². The molecule has 0 radical (unpaired) electrons. The highest BCUT2D eigenvalue weighted by atomic mass is 16.2. The molecule has 0 saturated carbocycles. The number of anilines is 1. The lowest BCUT2D eigenvalue weighted by Crippen LogP contribution is -2.21. The maximum atomic E-state index is 11.7. The summed E-state index contributed by atoms with van der Waals surface area (Å²) in [6.45, 7) is 0.717. The molecule has 0 atom stereocenters. The lowest BCUT2D eigenvalue weighted by Gasteiger charge is -2.10. The summed E-state index contributed by atoms with van der Waals surface area (Å²) < 4.78 is 0. The van der Waals surface area contributed by atoms with Crippen molar-refractivity contribution in [1.82, 2.24) is 9.88 Å². The molecule has 1 amide bonds. The second-order valence-corrected chi connectivity index (χ2v) is 4.47. The van der Waals surface area contributed by atoms with Crippen LogP contribution in [0.25, 0.3) is 0 Å². The first-order valence-electron chi connectivity index (χ1n) is 6.12. The Morgan fingerprint density at radius 1 is 1.16 bits per heavy atom. The summed E-state index contributed by atoms with van der Waals surface area (Å²) in [7, 11) is 3.45. The molecule has 1 heterocycles.